The topological polar surface area (TPSA) is 92.2 Å². The normalized spacial score (nSPS) is 11.4. The quantitative estimate of drug-likeness (QED) is 0.859. The highest BCUT2D eigenvalue weighted by Gasteiger charge is 2.17. The van der Waals surface area contributed by atoms with E-state index in [1.54, 1.807) is 12.1 Å². The zero-order valence-corrected chi connectivity index (χ0v) is 10.2. The number of thiophene rings is 1. The average molecular weight is 271 g/mol. The summed E-state index contributed by atoms with van der Waals surface area (Å²) >= 11 is 1.01. The van der Waals surface area contributed by atoms with Gasteiger partial charge in [-0.2, -0.15) is 5.10 Å². The molecule has 0 aliphatic carbocycles. The molecule has 0 fully saturated rings. The lowest BCUT2D eigenvalue weighted by Crippen LogP contribution is -2.12. The fourth-order valence-electron chi connectivity index (χ4n) is 1.13. The summed E-state index contributed by atoms with van der Waals surface area (Å²) in [5.41, 5.74) is 0. The van der Waals surface area contributed by atoms with Crippen molar-refractivity contribution in [3.8, 4) is 0 Å². The third-order valence-corrected chi connectivity index (χ3v) is 4.79. The molecule has 90 valence electrons. The van der Waals surface area contributed by atoms with Crippen molar-refractivity contribution in [1.29, 1.82) is 0 Å². The van der Waals surface area contributed by atoms with Crippen LogP contribution < -0.4 is 4.72 Å². The van der Waals surface area contributed by atoms with E-state index in [9.17, 15) is 8.42 Å². The number of hydrogen-bond acceptors (Lipinski definition) is 6. The van der Waals surface area contributed by atoms with E-state index < -0.39 is 10.0 Å². The molecule has 2 N–H and O–H groups in total. The molecule has 6 nitrogen and oxygen atoms in total. The third kappa shape index (κ3) is 2.78. The molecule has 0 radical (unpaired) electrons. The highest BCUT2D eigenvalue weighted by molar-refractivity contribution is 7.94. The molecule has 0 spiro atoms. The molecule has 0 amide bonds. The zero-order valence-electron chi connectivity index (χ0n) is 8.57. The Labute approximate surface area is 102 Å². The van der Waals surface area contributed by atoms with Gasteiger partial charge in [-0.3, -0.25) is 4.72 Å². The van der Waals surface area contributed by atoms with E-state index in [0.29, 0.717) is 4.88 Å². The lowest BCUT2D eigenvalue weighted by molar-refractivity contribution is 0.285. The fraction of sp³-hybridized carbons (Fsp3) is 0.111. The van der Waals surface area contributed by atoms with Crippen LogP contribution in [0.4, 0.5) is 5.82 Å². The first kappa shape index (κ1) is 12.0. The maximum absolute atomic E-state index is 11.9. The van der Waals surface area contributed by atoms with E-state index >= 15 is 0 Å². The minimum atomic E-state index is -3.65. The van der Waals surface area contributed by atoms with Crippen molar-refractivity contribution in [1.82, 2.24) is 10.2 Å². The summed E-state index contributed by atoms with van der Waals surface area (Å²) in [6.45, 7) is -0.175. The highest BCUT2D eigenvalue weighted by atomic mass is 32.2. The van der Waals surface area contributed by atoms with Crippen molar-refractivity contribution in [2.45, 2.75) is 10.8 Å². The van der Waals surface area contributed by atoms with E-state index in [-0.39, 0.29) is 16.6 Å². The molecule has 2 aromatic heterocycles. The van der Waals surface area contributed by atoms with Crippen molar-refractivity contribution < 1.29 is 13.5 Å². The Hall–Kier alpha value is -1.51. The monoisotopic (exact) mass is 271 g/mol. The van der Waals surface area contributed by atoms with E-state index in [1.807, 2.05) is 0 Å². The van der Waals surface area contributed by atoms with Crippen molar-refractivity contribution in [3.05, 3.63) is 35.3 Å². The van der Waals surface area contributed by atoms with Crippen molar-refractivity contribution in [2.24, 2.45) is 0 Å². The van der Waals surface area contributed by atoms with Crippen LogP contribution in [0.5, 0.6) is 0 Å². The highest BCUT2D eigenvalue weighted by Crippen LogP contribution is 2.23. The molecule has 0 atom stereocenters. The van der Waals surface area contributed by atoms with Gasteiger partial charge in [-0.25, -0.2) is 8.42 Å². The molecule has 0 aliphatic heterocycles. The maximum atomic E-state index is 11.9. The molecule has 2 rings (SSSR count). The van der Waals surface area contributed by atoms with Gasteiger partial charge < -0.3 is 5.11 Å². The molecule has 0 saturated heterocycles. The number of sulfonamides is 1. The molecule has 0 aliphatic rings. The molecule has 0 bridgehead atoms. The minimum absolute atomic E-state index is 0.132. The summed E-state index contributed by atoms with van der Waals surface area (Å²) < 4.78 is 26.2. The van der Waals surface area contributed by atoms with Gasteiger partial charge in [0.2, 0.25) is 0 Å². The number of nitrogens with one attached hydrogen (secondary N) is 1. The summed E-state index contributed by atoms with van der Waals surface area (Å²) in [4.78, 5) is 0.588. The Bertz CT molecular complexity index is 595. The molecule has 17 heavy (non-hydrogen) atoms. The van der Waals surface area contributed by atoms with Crippen molar-refractivity contribution in [2.75, 3.05) is 4.72 Å². The summed E-state index contributed by atoms with van der Waals surface area (Å²) in [5.74, 6) is 0.159. The van der Waals surface area contributed by atoms with Crippen LogP contribution in [0.3, 0.4) is 0 Å². The SMILES string of the molecule is O=S(=O)(Nc1cccnn1)c1ccc(CO)s1. The van der Waals surface area contributed by atoms with Crippen molar-refractivity contribution >= 4 is 27.2 Å². The Morgan fingerprint density at radius 3 is 2.76 bits per heavy atom. The smallest absolute Gasteiger partial charge is 0.272 e. The average Bonchev–Trinajstić information content (AvgIpc) is 2.79. The van der Waals surface area contributed by atoms with Crippen LogP contribution in [0.15, 0.2) is 34.7 Å². The Balaban J connectivity index is 2.25. The van der Waals surface area contributed by atoms with Gasteiger partial charge in [-0.15, -0.1) is 16.4 Å². The molecule has 8 heteroatoms. The number of aliphatic hydroxyl groups is 1. The van der Waals surface area contributed by atoms with E-state index in [0.717, 1.165) is 11.3 Å². The van der Waals surface area contributed by atoms with Gasteiger partial charge in [0.15, 0.2) is 5.82 Å². The van der Waals surface area contributed by atoms with Crippen LogP contribution in [-0.4, -0.2) is 23.7 Å². The summed E-state index contributed by atoms with van der Waals surface area (Å²) in [6, 6.07) is 6.09. The van der Waals surface area contributed by atoms with Crippen molar-refractivity contribution in [3.63, 3.8) is 0 Å². The summed E-state index contributed by atoms with van der Waals surface area (Å²) in [6.07, 6.45) is 1.45. The van der Waals surface area contributed by atoms with Gasteiger partial charge in [-0.1, -0.05) is 0 Å². The van der Waals surface area contributed by atoms with Gasteiger partial charge in [-0.05, 0) is 24.3 Å². The Morgan fingerprint density at radius 1 is 1.35 bits per heavy atom. The molecule has 2 heterocycles. The zero-order chi connectivity index (χ0) is 12.3. The second kappa shape index (κ2) is 4.78. The first-order valence-electron chi connectivity index (χ1n) is 4.62. The summed E-state index contributed by atoms with van der Waals surface area (Å²) in [7, 11) is -3.65. The standard InChI is InChI=1S/C9H9N3O3S2/c13-6-7-3-4-9(16-7)17(14,15)12-8-2-1-5-10-11-8/h1-5,13H,6H2,(H,11,12). The second-order valence-electron chi connectivity index (χ2n) is 3.09. The van der Waals surface area contributed by atoms with Crippen LogP contribution in [0.2, 0.25) is 0 Å². The van der Waals surface area contributed by atoms with Crippen LogP contribution >= 0.6 is 11.3 Å². The largest absolute Gasteiger partial charge is 0.391 e. The third-order valence-electron chi connectivity index (χ3n) is 1.87. The molecule has 0 saturated carbocycles. The minimum Gasteiger partial charge on any atom is -0.391 e. The number of rotatable bonds is 4. The summed E-state index contributed by atoms with van der Waals surface area (Å²) in [5, 5.41) is 16.1. The van der Waals surface area contributed by atoms with Gasteiger partial charge >= 0.3 is 0 Å². The van der Waals surface area contributed by atoms with Gasteiger partial charge in [0.1, 0.15) is 4.21 Å². The predicted octanol–water partition coefficient (Wildman–Crippen LogP) is 0.831. The first-order chi connectivity index (χ1) is 8.12. The number of aliphatic hydroxyl groups excluding tert-OH is 1. The van der Waals surface area contributed by atoms with Crippen LogP contribution in [0.1, 0.15) is 4.88 Å². The Kier molecular flexibility index (Phi) is 3.36. The van der Waals surface area contributed by atoms with Gasteiger partial charge in [0.05, 0.1) is 6.61 Å². The molecule has 0 unspecified atom stereocenters. The van der Waals surface area contributed by atoms with Crippen LogP contribution in [0, 0.1) is 0 Å². The first-order valence-corrected chi connectivity index (χ1v) is 6.92. The van der Waals surface area contributed by atoms with Crippen LogP contribution in [0.25, 0.3) is 0 Å². The number of hydrogen-bond donors (Lipinski definition) is 2. The Morgan fingerprint density at radius 2 is 2.18 bits per heavy atom. The molecule has 2 aromatic rings. The fourth-order valence-corrected chi connectivity index (χ4v) is 3.34. The van der Waals surface area contributed by atoms with Gasteiger partial charge in [0.25, 0.3) is 10.0 Å². The van der Waals surface area contributed by atoms with Crippen LogP contribution in [-0.2, 0) is 16.6 Å². The number of aromatic nitrogens is 2. The number of anilines is 1. The molecular formula is C9H9N3O3S2. The number of nitrogens with zero attached hydrogens (tertiary/aromatic N) is 2. The van der Waals surface area contributed by atoms with Gasteiger partial charge in [0, 0.05) is 11.1 Å². The maximum Gasteiger partial charge on any atom is 0.272 e. The molecular weight excluding hydrogens is 262 g/mol. The lowest BCUT2D eigenvalue weighted by atomic mass is 10.5. The van der Waals surface area contributed by atoms with E-state index in [2.05, 4.69) is 14.9 Å². The second-order valence-corrected chi connectivity index (χ2v) is 6.17. The van der Waals surface area contributed by atoms with E-state index in [4.69, 9.17) is 5.11 Å². The van der Waals surface area contributed by atoms with E-state index in [1.165, 1.54) is 18.3 Å². The lowest BCUT2D eigenvalue weighted by Gasteiger charge is -2.03. The molecule has 0 aromatic carbocycles. The predicted molar refractivity (Wildman–Crippen MR) is 63.1 cm³/mol.